The Bertz CT molecular complexity index is 988. The van der Waals surface area contributed by atoms with E-state index >= 15 is 0 Å². The number of anilines is 1. The molecule has 160 valence electrons. The number of amides is 3. The van der Waals surface area contributed by atoms with Crippen LogP contribution in [0.3, 0.4) is 0 Å². The first-order chi connectivity index (χ1) is 15.0. The highest BCUT2D eigenvalue weighted by Crippen LogP contribution is 2.30. The van der Waals surface area contributed by atoms with Gasteiger partial charge in [0.2, 0.25) is 11.8 Å². The van der Waals surface area contributed by atoms with Crippen LogP contribution in [0.1, 0.15) is 60.1 Å². The maximum Gasteiger partial charge on any atom is 0.251 e. The maximum atomic E-state index is 12.3. The molecule has 0 bridgehead atoms. The van der Waals surface area contributed by atoms with Gasteiger partial charge in [0.1, 0.15) is 0 Å². The Kier molecular flexibility index (Phi) is 6.16. The van der Waals surface area contributed by atoms with E-state index in [2.05, 4.69) is 16.0 Å². The van der Waals surface area contributed by atoms with Crippen molar-refractivity contribution in [1.82, 2.24) is 10.6 Å². The largest absolute Gasteiger partial charge is 0.349 e. The van der Waals surface area contributed by atoms with Gasteiger partial charge < -0.3 is 16.0 Å². The summed E-state index contributed by atoms with van der Waals surface area (Å²) in [7, 11) is 0. The molecule has 0 radical (unpaired) electrons. The summed E-state index contributed by atoms with van der Waals surface area (Å²) in [6, 6.07) is 14.9. The molecule has 1 unspecified atom stereocenters. The standard InChI is InChI=1S/C25H27N3O3/c1-16(18-9-11-21(12-10-18)27-25(31)20-7-8-20)26-23(29)15-4-17-2-5-19(6-3-17)24(30)28-22-13-14-22/h2-6,9-12,15-16,20,22H,7-8,13-14H2,1H3,(H,26,29)(H,27,31)(H,28,30)/b15-4+. The smallest absolute Gasteiger partial charge is 0.251 e. The quantitative estimate of drug-likeness (QED) is 0.571. The van der Waals surface area contributed by atoms with Crippen LogP contribution in [-0.4, -0.2) is 23.8 Å². The molecule has 0 aliphatic heterocycles. The lowest BCUT2D eigenvalue weighted by Gasteiger charge is -2.14. The minimum Gasteiger partial charge on any atom is -0.349 e. The second-order valence-corrected chi connectivity index (χ2v) is 8.32. The number of hydrogen-bond donors (Lipinski definition) is 3. The molecule has 4 rings (SSSR count). The van der Waals surface area contributed by atoms with Crippen molar-refractivity contribution in [3.8, 4) is 0 Å². The summed E-state index contributed by atoms with van der Waals surface area (Å²) in [6.07, 6.45) is 7.27. The van der Waals surface area contributed by atoms with E-state index in [9.17, 15) is 14.4 Å². The van der Waals surface area contributed by atoms with Gasteiger partial charge in [-0.2, -0.15) is 0 Å². The Morgan fingerprint density at radius 2 is 1.61 bits per heavy atom. The first-order valence-corrected chi connectivity index (χ1v) is 10.8. The Morgan fingerprint density at radius 1 is 0.935 bits per heavy atom. The highest BCUT2D eigenvalue weighted by atomic mass is 16.2. The first kappa shape index (κ1) is 20.8. The van der Waals surface area contributed by atoms with Crippen LogP contribution >= 0.6 is 0 Å². The molecule has 2 aliphatic carbocycles. The van der Waals surface area contributed by atoms with Crippen molar-refractivity contribution in [2.24, 2.45) is 5.92 Å². The average molecular weight is 418 g/mol. The molecule has 1 atom stereocenters. The van der Waals surface area contributed by atoms with E-state index in [1.165, 1.54) is 6.08 Å². The van der Waals surface area contributed by atoms with E-state index in [1.807, 2.05) is 43.3 Å². The molecule has 2 aromatic carbocycles. The molecule has 2 aromatic rings. The SMILES string of the molecule is CC(NC(=O)/C=C/c1ccc(C(=O)NC2CC2)cc1)c1ccc(NC(=O)C2CC2)cc1. The second kappa shape index (κ2) is 9.16. The molecule has 6 heteroatoms. The molecule has 0 heterocycles. The topological polar surface area (TPSA) is 87.3 Å². The van der Waals surface area contributed by atoms with Gasteiger partial charge in [0.25, 0.3) is 5.91 Å². The minimum absolute atomic E-state index is 0.0530. The van der Waals surface area contributed by atoms with Gasteiger partial charge in [0, 0.05) is 29.3 Å². The van der Waals surface area contributed by atoms with E-state index in [-0.39, 0.29) is 29.7 Å². The zero-order valence-corrected chi connectivity index (χ0v) is 17.6. The third kappa shape index (κ3) is 6.04. The summed E-state index contributed by atoms with van der Waals surface area (Å²) in [4.78, 5) is 36.1. The van der Waals surface area contributed by atoms with Crippen LogP contribution in [0.4, 0.5) is 5.69 Å². The number of rotatable bonds is 8. The molecule has 3 N–H and O–H groups in total. The van der Waals surface area contributed by atoms with Gasteiger partial charge in [-0.1, -0.05) is 24.3 Å². The number of carbonyl (C=O) groups excluding carboxylic acids is 3. The number of hydrogen-bond acceptors (Lipinski definition) is 3. The van der Waals surface area contributed by atoms with E-state index in [0.717, 1.165) is 42.5 Å². The van der Waals surface area contributed by atoms with E-state index in [0.29, 0.717) is 11.6 Å². The summed E-state index contributed by atoms with van der Waals surface area (Å²) >= 11 is 0. The van der Waals surface area contributed by atoms with E-state index in [4.69, 9.17) is 0 Å². The van der Waals surface area contributed by atoms with Gasteiger partial charge in [0.05, 0.1) is 6.04 Å². The van der Waals surface area contributed by atoms with E-state index < -0.39 is 0 Å². The molecule has 2 saturated carbocycles. The van der Waals surface area contributed by atoms with Gasteiger partial charge in [0.15, 0.2) is 0 Å². The van der Waals surface area contributed by atoms with Gasteiger partial charge in [-0.15, -0.1) is 0 Å². The molecule has 2 aliphatic rings. The fraction of sp³-hybridized carbons (Fsp3) is 0.320. The lowest BCUT2D eigenvalue weighted by Crippen LogP contribution is -2.25. The number of carbonyl (C=O) groups is 3. The molecule has 6 nitrogen and oxygen atoms in total. The minimum atomic E-state index is -0.200. The summed E-state index contributed by atoms with van der Waals surface area (Å²) in [5.74, 6) is -0.00604. The predicted molar refractivity (Wildman–Crippen MR) is 120 cm³/mol. The van der Waals surface area contributed by atoms with Gasteiger partial charge in [-0.3, -0.25) is 14.4 Å². The Hall–Kier alpha value is -3.41. The predicted octanol–water partition coefficient (Wildman–Crippen LogP) is 3.82. The zero-order valence-electron chi connectivity index (χ0n) is 17.6. The normalized spacial score (nSPS) is 16.5. The molecule has 31 heavy (non-hydrogen) atoms. The van der Waals surface area contributed by atoms with Crippen molar-refractivity contribution in [3.63, 3.8) is 0 Å². The van der Waals surface area contributed by atoms with Crippen molar-refractivity contribution in [1.29, 1.82) is 0 Å². The van der Waals surface area contributed by atoms with Crippen LogP contribution in [0.2, 0.25) is 0 Å². The Balaban J connectivity index is 1.26. The van der Waals surface area contributed by atoms with Crippen LogP contribution in [0, 0.1) is 5.92 Å². The van der Waals surface area contributed by atoms with Crippen molar-refractivity contribution in [3.05, 3.63) is 71.3 Å². The van der Waals surface area contributed by atoms with Gasteiger partial charge in [-0.05, 0) is 74.1 Å². The molecule has 3 amide bonds. The van der Waals surface area contributed by atoms with Crippen LogP contribution < -0.4 is 16.0 Å². The second-order valence-electron chi connectivity index (χ2n) is 8.32. The molecule has 2 fully saturated rings. The van der Waals surface area contributed by atoms with E-state index in [1.54, 1.807) is 18.2 Å². The maximum absolute atomic E-state index is 12.3. The lowest BCUT2D eigenvalue weighted by molar-refractivity contribution is -0.118. The first-order valence-electron chi connectivity index (χ1n) is 10.8. The van der Waals surface area contributed by atoms with Crippen LogP contribution in [0.15, 0.2) is 54.6 Å². The Morgan fingerprint density at radius 3 is 2.23 bits per heavy atom. The summed E-state index contributed by atoms with van der Waals surface area (Å²) < 4.78 is 0. The molecular weight excluding hydrogens is 390 g/mol. The summed E-state index contributed by atoms with van der Waals surface area (Å²) in [5, 5.41) is 8.80. The fourth-order valence-electron chi connectivity index (χ4n) is 3.20. The van der Waals surface area contributed by atoms with Crippen LogP contribution in [-0.2, 0) is 9.59 Å². The van der Waals surface area contributed by atoms with Gasteiger partial charge >= 0.3 is 0 Å². The van der Waals surface area contributed by atoms with Crippen LogP contribution in [0.5, 0.6) is 0 Å². The number of benzene rings is 2. The van der Waals surface area contributed by atoms with Gasteiger partial charge in [-0.25, -0.2) is 0 Å². The van der Waals surface area contributed by atoms with Crippen LogP contribution in [0.25, 0.3) is 6.08 Å². The summed E-state index contributed by atoms with van der Waals surface area (Å²) in [6.45, 7) is 1.91. The third-order valence-electron chi connectivity index (χ3n) is 5.50. The zero-order chi connectivity index (χ0) is 21.8. The highest BCUT2D eigenvalue weighted by molar-refractivity contribution is 5.95. The number of nitrogens with one attached hydrogen (secondary N) is 3. The third-order valence-corrected chi connectivity index (χ3v) is 5.50. The molecule has 0 aromatic heterocycles. The summed E-state index contributed by atoms with van der Waals surface area (Å²) in [5.41, 5.74) is 3.20. The molecule has 0 saturated heterocycles. The van der Waals surface area contributed by atoms with Crippen molar-refractivity contribution in [2.45, 2.75) is 44.7 Å². The Labute approximate surface area is 182 Å². The average Bonchev–Trinajstić information content (AvgIpc) is 3.67. The van der Waals surface area contributed by atoms with Crippen molar-refractivity contribution >= 4 is 29.5 Å². The van der Waals surface area contributed by atoms with Crippen molar-refractivity contribution in [2.75, 3.05) is 5.32 Å². The fourth-order valence-corrected chi connectivity index (χ4v) is 3.20. The lowest BCUT2D eigenvalue weighted by atomic mass is 10.1. The molecule has 0 spiro atoms. The van der Waals surface area contributed by atoms with Crippen molar-refractivity contribution < 1.29 is 14.4 Å². The molecular formula is C25H27N3O3. The highest BCUT2D eigenvalue weighted by Gasteiger charge is 2.29. The monoisotopic (exact) mass is 417 g/mol.